The van der Waals surface area contributed by atoms with Gasteiger partial charge < -0.3 is 19.8 Å². The number of hydrogen-bond donors (Lipinski definition) is 2. The molecule has 9 heteroatoms. The van der Waals surface area contributed by atoms with Crippen molar-refractivity contribution in [2.24, 2.45) is 0 Å². The predicted molar refractivity (Wildman–Crippen MR) is 100 cm³/mol. The van der Waals surface area contributed by atoms with Gasteiger partial charge in [-0.2, -0.15) is 0 Å². The van der Waals surface area contributed by atoms with Gasteiger partial charge in [-0.3, -0.25) is 0 Å². The number of esters is 1. The zero-order chi connectivity index (χ0) is 19.2. The van der Waals surface area contributed by atoms with Crippen LogP contribution < -0.4 is 10.6 Å². The summed E-state index contributed by atoms with van der Waals surface area (Å²) in [4.78, 5) is 24.3. The highest BCUT2D eigenvalue weighted by molar-refractivity contribution is 7.99. The normalized spacial score (nSPS) is 21.0. The van der Waals surface area contributed by atoms with E-state index in [0.717, 1.165) is 12.8 Å². The summed E-state index contributed by atoms with van der Waals surface area (Å²) in [6.45, 7) is 3.95. The number of amides is 2. The maximum Gasteiger partial charge on any atom is 0.337 e. The predicted octanol–water partition coefficient (Wildman–Crippen LogP) is 3.12. The third-order valence-electron chi connectivity index (χ3n) is 4.86. The maximum absolute atomic E-state index is 12.4. The first-order chi connectivity index (χ1) is 13.1. The molecule has 1 aromatic heterocycles. The SMILES string of the molecule is CCOC(=O)C1=C(CSc2nnc(C3CCCCC3)o2)NC(=O)NC1CC. The molecule has 0 aromatic carbocycles. The van der Waals surface area contributed by atoms with Crippen LogP contribution in [-0.4, -0.2) is 40.6 Å². The van der Waals surface area contributed by atoms with Gasteiger partial charge in [-0.25, -0.2) is 9.59 Å². The van der Waals surface area contributed by atoms with Gasteiger partial charge in [-0.05, 0) is 26.2 Å². The molecule has 2 amide bonds. The molecule has 2 heterocycles. The third-order valence-corrected chi connectivity index (χ3v) is 5.71. The van der Waals surface area contributed by atoms with Gasteiger partial charge in [0, 0.05) is 17.4 Å². The van der Waals surface area contributed by atoms with Gasteiger partial charge in [-0.1, -0.05) is 37.9 Å². The maximum atomic E-state index is 12.4. The minimum absolute atomic E-state index is 0.279. The summed E-state index contributed by atoms with van der Waals surface area (Å²) in [7, 11) is 0. The van der Waals surface area contributed by atoms with E-state index in [9.17, 15) is 9.59 Å². The monoisotopic (exact) mass is 394 g/mol. The highest BCUT2D eigenvalue weighted by Gasteiger charge is 2.31. The summed E-state index contributed by atoms with van der Waals surface area (Å²) in [6, 6.07) is -0.687. The Bertz CT molecular complexity index is 712. The first-order valence-corrected chi connectivity index (χ1v) is 10.5. The van der Waals surface area contributed by atoms with Gasteiger partial charge in [-0.15, -0.1) is 10.2 Å². The Morgan fingerprint density at radius 2 is 2.04 bits per heavy atom. The molecule has 0 saturated heterocycles. The van der Waals surface area contributed by atoms with Crippen molar-refractivity contribution >= 4 is 23.8 Å². The third kappa shape index (κ3) is 4.82. The Balaban J connectivity index is 1.72. The van der Waals surface area contributed by atoms with Gasteiger partial charge in [0.05, 0.1) is 18.2 Å². The molecule has 8 nitrogen and oxygen atoms in total. The van der Waals surface area contributed by atoms with Crippen LogP contribution in [0.2, 0.25) is 0 Å². The van der Waals surface area contributed by atoms with Crippen molar-refractivity contribution in [3.8, 4) is 0 Å². The summed E-state index contributed by atoms with van der Waals surface area (Å²) in [5, 5.41) is 14.2. The smallest absolute Gasteiger partial charge is 0.337 e. The number of ether oxygens (including phenoxy) is 1. The van der Waals surface area contributed by atoms with E-state index in [-0.39, 0.29) is 18.7 Å². The zero-order valence-corrected chi connectivity index (χ0v) is 16.6. The largest absolute Gasteiger partial charge is 0.463 e. The Morgan fingerprint density at radius 3 is 2.74 bits per heavy atom. The fourth-order valence-electron chi connectivity index (χ4n) is 3.50. The Morgan fingerprint density at radius 1 is 1.26 bits per heavy atom. The molecule has 0 bridgehead atoms. The lowest BCUT2D eigenvalue weighted by Gasteiger charge is -2.28. The minimum Gasteiger partial charge on any atom is -0.463 e. The van der Waals surface area contributed by atoms with Gasteiger partial charge in [0.2, 0.25) is 5.89 Å². The van der Waals surface area contributed by atoms with Crippen LogP contribution in [0, 0.1) is 0 Å². The van der Waals surface area contributed by atoms with Gasteiger partial charge in [0.15, 0.2) is 0 Å². The number of thioether (sulfide) groups is 1. The van der Waals surface area contributed by atoms with Crippen molar-refractivity contribution in [1.29, 1.82) is 0 Å². The number of carbonyl (C=O) groups excluding carboxylic acids is 2. The van der Waals surface area contributed by atoms with Crippen molar-refractivity contribution in [3.63, 3.8) is 0 Å². The zero-order valence-electron chi connectivity index (χ0n) is 15.7. The lowest BCUT2D eigenvalue weighted by molar-refractivity contribution is -0.139. The molecule has 148 valence electrons. The van der Waals surface area contributed by atoms with E-state index in [1.807, 2.05) is 6.92 Å². The standard InChI is InChI=1S/C18H26N4O4S/c1-3-12-14(16(23)25-4-2)13(20-17(24)19-12)10-27-18-22-21-15(26-18)11-8-6-5-7-9-11/h11-12H,3-10H2,1-2H3,(H2,19,20,24). The average molecular weight is 394 g/mol. The molecule has 3 rings (SSSR count). The lowest BCUT2D eigenvalue weighted by Crippen LogP contribution is -2.50. The van der Waals surface area contributed by atoms with Gasteiger partial charge in [0.1, 0.15) is 0 Å². The number of hydrogen-bond acceptors (Lipinski definition) is 7. The number of nitrogens with one attached hydrogen (secondary N) is 2. The van der Waals surface area contributed by atoms with Crippen LogP contribution >= 0.6 is 11.8 Å². The highest BCUT2D eigenvalue weighted by Crippen LogP contribution is 2.33. The number of aromatic nitrogens is 2. The fourth-order valence-corrected chi connectivity index (χ4v) is 4.24. The van der Waals surface area contributed by atoms with Crippen LogP contribution in [0.4, 0.5) is 4.79 Å². The molecule has 2 N–H and O–H groups in total. The van der Waals surface area contributed by atoms with Gasteiger partial charge >= 0.3 is 12.0 Å². The van der Waals surface area contributed by atoms with E-state index in [2.05, 4.69) is 20.8 Å². The summed E-state index contributed by atoms with van der Waals surface area (Å²) >= 11 is 1.32. The second kappa shape index (κ2) is 9.25. The molecule has 1 unspecified atom stereocenters. The van der Waals surface area contributed by atoms with E-state index in [1.165, 1.54) is 31.0 Å². The molecule has 1 aromatic rings. The van der Waals surface area contributed by atoms with Crippen LogP contribution in [-0.2, 0) is 9.53 Å². The molecule has 1 fully saturated rings. The Kier molecular flexibility index (Phi) is 6.76. The summed E-state index contributed by atoms with van der Waals surface area (Å²) in [5.74, 6) is 0.973. The van der Waals surface area contributed by atoms with Crippen molar-refractivity contribution in [3.05, 3.63) is 17.2 Å². The van der Waals surface area contributed by atoms with Crippen LogP contribution in [0.5, 0.6) is 0 Å². The molecule has 1 saturated carbocycles. The number of urea groups is 1. The molecule has 0 radical (unpaired) electrons. The summed E-state index contributed by atoms with van der Waals surface area (Å²) in [6.07, 6.45) is 6.44. The quantitative estimate of drug-likeness (QED) is 0.540. The molecule has 2 aliphatic rings. The van der Waals surface area contributed by atoms with Crippen molar-refractivity contribution in [2.75, 3.05) is 12.4 Å². The van der Waals surface area contributed by atoms with Crippen molar-refractivity contribution < 1.29 is 18.7 Å². The second-order valence-corrected chi connectivity index (χ2v) is 7.63. The van der Waals surface area contributed by atoms with E-state index >= 15 is 0 Å². The number of carbonyl (C=O) groups is 2. The molecule has 1 aliphatic heterocycles. The van der Waals surface area contributed by atoms with Crippen LogP contribution in [0.25, 0.3) is 0 Å². The summed E-state index contributed by atoms with van der Waals surface area (Å²) < 4.78 is 11.0. The van der Waals surface area contributed by atoms with Crippen molar-refractivity contribution in [2.45, 2.75) is 69.6 Å². The molecule has 1 atom stereocenters. The van der Waals surface area contributed by atoms with E-state index < -0.39 is 5.97 Å². The first-order valence-electron chi connectivity index (χ1n) is 9.56. The van der Waals surface area contributed by atoms with Crippen LogP contribution in [0.1, 0.15) is 64.2 Å². The Labute approximate surface area is 162 Å². The van der Waals surface area contributed by atoms with Gasteiger partial charge in [0.25, 0.3) is 5.22 Å². The first kappa shape index (κ1) is 19.7. The molecule has 1 aliphatic carbocycles. The van der Waals surface area contributed by atoms with Crippen LogP contribution in [0.15, 0.2) is 20.9 Å². The second-order valence-electron chi connectivity index (χ2n) is 6.70. The molecular formula is C18H26N4O4S. The summed E-state index contributed by atoms with van der Waals surface area (Å²) in [5.41, 5.74) is 0.991. The van der Waals surface area contributed by atoms with E-state index in [1.54, 1.807) is 6.92 Å². The molecule has 27 heavy (non-hydrogen) atoms. The highest BCUT2D eigenvalue weighted by atomic mass is 32.2. The average Bonchev–Trinajstić information content (AvgIpc) is 3.15. The number of nitrogens with zero attached hydrogens (tertiary/aromatic N) is 2. The van der Waals surface area contributed by atoms with Crippen molar-refractivity contribution in [1.82, 2.24) is 20.8 Å². The van der Waals surface area contributed by atoms with Crippen LogP contribution in [0.3, 0.4) is 0 Å². The number of rotatable bonds is 7. The molecule has 0 spiro atoms. The Hall–Kier alpha value is -2.03. The minimum atomic E-state index is -0.416. The van der Waals surface area contributed by atoms with E-state index in [0.29, 0.717) is 40.5 Å². The lowest BCUT2D eigenvalue weighted by atomic mass is 9.89. The molecular weight excluding hydrogens is 368 g/mol. The fraction of sp³-hybridized carbons (Fsp3) is 0.667. The topological polar surface area (TPSA) is 106 Å². The van der Waals surface area contributed by atoms with E-state index in [4.69, 9.17) is 9.15 Å².